The van der Waals surface area contributed by atoms with Crippen molar-refractivity contribution in [1.82, 2.24) is 10.6 Å². The lowest BCUT2D eigenvalue weighted by atomic mass is 9.85. The van der Waals surface area contributed by atoms with Gasteiger partial charge in [0.1, 0.15) is 6.17 Å². The smallest absolute Gasteiger partial charge is 0.100 e. The van der Waals surface area contributed by atoms with Crippen molar-refractivity contribution in [1.29, 1.82) is 0 Å². The summed E-state index contributed by atoms with van der Waals surface area (Å²) in [5, 5.41) is 7.14. The van der Waals surface area contributed by atoms with Gasteiger partial charge in [-0.1, -0.05) is 13.3 Å². The first-order valence-corrected chi connectivity index (χ1v) is 6.40. The van der Waals surface area contributed by atoms with E-state index >= 15 is 0 Å². The van der Waals surface area contributed by atoms with Gasteiger partial charge in [0.15, 0.2) is 0 Å². The van der Waals surface area contributed by atoms with Crippen LogP contribution in [0.2, 0.25) is 0 Å². The Hall–Kier alpha value is -0.150. The van der Waals surface area contributed by atoms with Crippen LogP contribution in [0.5, 0.6) is 0 Å². The SMILES string of the molecule is CCC1CNC(C2CCC(F)CC2)NC1. The van der Waals surface area contributed by atoms with Gasteiger partial charge in [-0.2, -0.15) is 0 Å². The first-order chi connectivity index (χ1) is 7.29. The van der Waals surface area contributed by atoms with E-state index in [2.05, 4.69) is 17.6 Å². The van der Waals surface area contributed by atoms with E-state index in [9.17, 15) is 4.39 Å². The topological polar surface area (TPSA) is 24.1 Å². The van der Waals surface area contributed by atoms with Crippen LogP contribution in [0.4, 0.5) is 4.39 Å². The number of alkyl halides is 1. The molecule has 2 N–H and O–H groups in total. The van der Waals surface area contributed by atoms with E-state index in [4.69, 9.17) is 0 Å². The van der Waals surface area contributed by atoms with Crippen LogP contribution in [0, 0.1) is 11.8 Å². The predicted octanol–water partition coefficient (Wildman–Crippen LogP) is 2.06. The van der Waals surface area contributed by atoms with Crippen LogP contribution in [0.25, 0.3) is 0 Å². The molecule has 0 spiro atoms. The third-order valence-electron chi connectivity index (χ3n) is 4.00. The highest BCUT2D eigenvalue weighted by Crippen LogP contribution is 2.28. The van der Waals surface area contributed by atoms with Crippen molar-refractivity contribution in [2.45, 2.75) is 51.4 Å². The summed E-state index contributed by atoms with van der Waals surface area (Å²) in [5.74, 6) is 1.42. The van der Waals surface area contributed by atoms with E-state index < -0.39 is 6.17 Å². The van der Waals surface area contributed by atoms with Crippen molar-refractivity contribution in [3.05, 3.63) is 0 Å². The van der Waals surface area contributed by atoms with E-state index in [-0.39, 0.29) is 0 Å². The first-order valence-electron chi connectivity index (χ1n) is 6.40. The monoisotopic (exact) mass is 214 g/mol. The molecule has 15 heavy (non-hydrogen) atoms. The van der Waals surface area contributed by atoms with E-state index in [0.29, 0.717) is 12.1 Å². The van der Waals surface area contributed by atoms with Crippen LogP contribution < -0.4 is 10.6 Å². The molecule has 1 saturated heterocycles. The summed E-state index contributed by atoms with van der Waals surface area (Å²) in [6.07, 6.45) is 4.77. The quantitative estimate of drug-likeness (QED) is 0.735. The van der Waals surface area contributed by atoms with Gasteiger partial charge in [0.05, 0.1) is 6.17 Å². The standard InChI is InChI=1S/C12H23FN2/c1-2-9-7-14-12(15-8-9)10-3-5-11(13)6-4-10/h9-12,14-15H,2-8H2,1H3. The number of halogens is 1. The third kappa shape index (κ3) is 2.91. The molecule has 2 aliphatic rings. The zero-order valence-corrected chi connectivity index (χ0v) is 9.64. The van der Waals surface area contributed by atoms with Crippen LogP contribution in [0.1, 0.15) is 39.0 Å². The zero-order chi connectivity index (χ0) is 10.7. The minimum absolute atomic E-state index is 0.445. The van der Waals surface area contributed by atoms with Crippen molar-refractivity contribution in [3.8, 4) is 0 Å². The molecule has 3 heteroatoms. The molecule has 2 nitrogen and oxygen atoms in total. The molecule has 1 saturated carbocycles. The molecule has 2 fully saturated rings. The highest BCUT2D eigenvalue weighted by atomic mass is 19.1. The van der Waals surface area contributed by atoms with E-state index in [0.717, 1.165) is 44.7 Å². The molecular weight excluding hydrogens is 191 g/mol. The van der Waals surface area contributed by atoms with Gasteiger partial charge < -0.3 is 10.6 Å². The average Bonchev–Trinajstić information content (AvgIpc) is 2.30. The Balaban J connectivity index is 1.75. The highest BCUT2D eigenvalue weighted by Gasteiger charge is 2.29. The third-order valence-corrected chi connectivity index (χ3v) is 4.00. The molecule has 1 aliphatic heterocycles. The lowest BCUT2D eigenvalue weighted by Crippen LogP contribution is -2.56. The molecule has 88 valence electrons. The van der Waals surface area contributed by atoms with Crippen LogP contribution >= 0.6 is 0 Å². The maximum Gasteiger partial charge on any atom is 0.100 e. The highest BCUT2D eigenvalue weighted by molar-refractivity contribution is 4.85. The van der Waals surface area contributed by atoms with Gasteiger partial charge in [-0.15, -0.1) is 0 Å². The van der Waals surface area contributed by atoms with Gasteiger partial charge in [0.25, 0.3) is 0 Å². The minimum Gasteiger partial charge on any atom is -0.301 e. The molecular formula is C12H23FN2. The second-order valence-corrected chi connectivity index (χ2v) is 5.08. The summed E-state index contributed by atoms with van der Waals surface area (Å²) in [5.41, 5.74) is 0. The van der Waals surface area contributed by atoms with Crippen LogP contribution in [-0.2, 0) is 0 Å². The molecule has 1 heterocycles. The van der Waals surface area contributed by atoms with Crippen molar-refractivity contribution in [3.63, 3.8) is 0 Å². The Morgan fingerprint density at radius 1 is 1.07 bits per heavy atom. The van der Waals surface area contributed by atoms with Crippen LogP contribution in [0.3, 0.4) is 0 Å². The van der Waals surface area contributed by atoms with Gasteiger partial charge in [-0.05, 0) is 37.5 Å². The van der Waals surface area contributed by atoms with E-state index in [1.54, 1.807) is 0 Å². The lowest BCUT2D eigenvalue weighted by Gasteiger charge is -2.38. The molecule has 0 unspecified atom stereocenters. The van der Waals surface area contributed by atoms with E-state index in [1.807, 2.05) is 0 Å². The minimum atomic E-state index is -0.534. The van der Waals surface area contributed by atoms with Crippen molar-refractivity contribution in [2.75, 3.05) is 13.1 Å². The number of rotatable bonds is 2. The Bertz CT molecular complexity index is 182. The fourth-order valence-electron chi connectivity index (χ4n) is 2.77. The molecule has 0 aromatic rings. The van der Waals surface area contributed by atoms with Crippen molar-refractivity contribution >= 4 is 0 Å². The molecule has 0 aromatic heterocycles. The Morgan fingerprint density at radius 2 is 1.67 bits per heavy atom. The van der Waals surface area contributed by atoms with E-state index in [1.165, 1.54) is 6.42 Å². The molecule has 0 bridgehead atoms. The zero-order valence-electron chi connectivity index (χ0n) is 9.64. The summed E-state index contributed by atoms with van der Waals surface area (Å²) in [4.78, 5) is 0. The lowest BCUT2D eigenvalue weighted by molar-refractivity contribution is 0.143. The Kier molecular flexibility index (Phi) is 3.98. The Morgan fingerprint density at radius 3 is 2.20 bits per heavy atom. The number of hydrogen-bond acceptors (Lipinski definition) is 2. The van der Waals surface area contributed by atoms with Gasteiger partial charge in [0, 0.05) is 13.1 Å². The second-order valence-electron chi connectivity index (χ2n) is 5.08. The summed E-state index contributed by atoms with van der Waals surface area (Å²) in [6, 6.07) is 0. The molecule has 2 rings (SSSR count). The maximum atomic E-state index is 13.0. The van der Waals surface area contributed by atoms with Crippen molar-refractivity contribution < 1.29 is 4.39 Å². The fraction of sp³-hybridized carbons (Fsp3) is 1.00. The summed E-state index contributed by atoms with van der Waals surface area (Å²) < 4.78 is 13.0. The first kappa shape index (κ1) is 11.3. The van der Waals surface area contributed by atoms with Gasteiger partial charge in [0.2, 0.25) is 0 Å². The molecule has 0 atom stereocenters. The second kappa shape index (κ2) is 5.26. The number of hydrogen-bond donors (Lipinski definition) is 2. The molecule has 0 radical (unpaired) electrons. The van der Waals surface area contributed by atoms with Crippen molar-refractivity contribution in [2.24, 2.45) is 11.8 Å². The number of nitrogens with one attached hydrogen (secondary N) is 2. The van der Waals surface area contributed by atoms with Gasteiger partial charge in [-0.25, -0.2) is 4.39 Å². The summed E-state index contributed by atoms with van der Waals surface area (Å²) in [7, 11) is 0. The normalized spacial score (nSPS) is 42.8. The predicted molar refractivity (Wildman–Crippen MR) is 60.4 cm³/mol. The van der Waals surface area contributed by atoms with Gasteiger partial charge in [-0.3, -0.25) is 0 Å². The van der Waals surface area contributed by atoms with Gasteiger partial charge >= 0.3 is 0 Å². The fourth-order valence-corrected chi connectivity index (χ4v) is 2.77. The summed E-state index contributed by atoms with van der Waals surface area (Å²) in [6.45, 7) is 4.50. The molecule has 0 amide bonds. The Labute approximate surface area is 92.0 Å². The van der Waals surface area contributed by atoms with Crippen LogP contribution in [0.15, 0.2) is 0 Å². The summed E-state index contributed by atoms with van der Waals surface area (Å²) >= 11 is 0. The maximum absolute atomic E-state index is 13.0. The largest absolute Gasteiger partial charge is 0.301 e. The average molecular weight is 214 g/mol. The van der Waals surface area contributed by atoms with Crippen LogP contribution in [-0.4, -0.2) is 25.4 Å². The molecule has 1 aliphatic carbocycles. The molecule has 0 aromatic carbocycles.